The molecule has 3 heterocycles. The summed E-state index contributed by atoms with van der Waals surface area (Å²) < 4.78 is 7.34. The van der Waals surface area contributed by atoms with Crippen LogP contribution in [-0.2, 0) is 13.0 Å². The van der Waals surface area contributed by atoms with E-state index in [1.807, 2.05) is 41.4 Å². The van der Waals surface area contributed by atoms with Crippen molar-refractivity contribution in [3.8, 4) is 11.4 Å². The third-order valence-corrected chi connectivity index (χ3v) is 5.65. The van der Waals surface area contributed by atoms with Crippen molar-refractivity contribution < 1.29 is 9.53 Å². The van der Waals surface area contributed by atoms with Gasteiger partial charge in [-0.15, -0.1) is 0 Å². The lowest BCUT2D eigenvalue weighted by atomic mass is 10.1. The van der Waals surface area contributed by atoms with E-state index in [4.69, 9.17) is 4.74 Å². The van der Waals surface area contributed by atoms with Crippen LogP contribution in [0.25, 0.3) is 5.69 Å². The van der Waals surface area contributed by atoms with Crippen LogP contribution in [0.5, 0.6) is 5.75 Å². The van der Waals surface area contributed by atoms with Gasteiger partial charge in [0.25, 0.3) is 5.91 Å². The second-order valence-corrected chi connectivity index (χ2v) is 7.59. The van der Waals surface area contributed by atoms with Gasteiger partial charge in [-0.25, -0.2) is 4.68 Å². The highest BCUT2D eigenvalue weighted by molar-refractivity contribution is 5.92. The van der Waals surface area contributed by atoms with Crippen molar-refractivity contribution in [1.82, 2.24) is 19.6 Å². The van der Waals surface area contributed by atoms with Crippen LogP contribution in [0.1, 0.15) is 21.6 Å². The van der Waals surface area contributed by atoms with Crippen LogP contribution in [0.4, 0.5) is 0 Å². The monoisotopic (exact) mass is 388 g/mol. The molecule has 1 fully saturated rings. The number of aromatic nitrogens is 2. The Balaban J connectivity index is 1.18. The Hall–Kier alpha value is -3.12. The molecule has 0 spiro atoms. The van der Waals surface area contributed by atoms with Crippen molar-refractivity contribution in [2.75, 3.05) is 32.8 Å². The normalized spacial score (nSPS) is 16.5. The number of carbonyl (C=O) groups is 1. The average molecular weight is 388 g/mol. The standard InChI is InChI=1S/C23H24N4O2/c28-23(21-8-10-27(24-21)20-4-2-1-3-5-20)26-13-11-25(12-14-26)17-18-6-7-22-19(16-18)9-15-29-22/h1-8,10,16H,9,11-15,17H2. The number of fused-ring (bicyclic) bond motifs is 1. The molecule has 0 saturated carbocycles. The minimum absolute atomic E-state index is 0.00834. The maximum absolute atomic E-state index is 12.9. The lowest BCUT2D eigenvalue weighted by Gasteiger charge is -2.34. The molecule has 0 aliphatic carbocycles. The maximum atomic E-state index is 12.9. The SMILES string of the molecule is O=C(c1ccn(-c2ccccc2)n1)N1CCN(Cc2ccc3c(c2)CCO3)CC1. The molecule has 29 heavy (non-hydrogen) atoms. The first kappa shape index (κ1) is 17.9. The van der Waals surface area contributed by atoms with Crippen LogP contribution >= 0.6 is 0 Å². The van der Waals surface area contributed by atoms with E-state index in [-0.39, 0.29) is 5.91 Å². The van der Waals surface area contributed by atoms with E-state index >= 15 is 0 Å². The van der Waals surface area contributed by atoms with Crippen molar-refractivity contribution in [2.45, 2.75) is 13.0 Å². The van der Waals surface area contributed by atoms with Crippen molar-refractivity contribution >= 4 is 5.91 Å². The molecular formula is C23H24N4O2. The molecule has 148 valence electrons. The summed E-state index contributed by atoms with van der Waals surface area (Å²) in [6, 6.07) is 18.1. The Morgan fingerprint density at radius 2 is 1.83 bits per heavy atom. The molecule has 0 N–H and O–H groups in total. The number of rotatable bonds is 4. The van der Waals surface area contributed by atoms with E-state index < -0.39 is 0 Å². The van der Waals surface area contributed by atoms with E-state index in [1.54, 1.807) is 10.7 Å². The molecule has 3 aromatic rings. The van der Waals surface area contributed by atoms with E-state index in [2.05, 4.69) is 28.2 Å². The van der Waals surface area contributed by atoms with Gasteiger partial charge in [-0.2, -0.15) is 5.10 Å². The van der Waals surface area contributed by atoms with E-state index in [0.717, 1.165) is 57.2 Å². The fourth-order valence-corrected chi connectivity index (χ4v) is 4.03. The third-order valence-electron chi connectivity index (χ3n) is 5.65. The summed E-state index contributed by atoms with van der Waals surface area (Å²) in [5, 5.41) is 4.48. The zero-order valence-electron chi connectivity index (χ0n) is 16.3. The van der Waals surface area contributed by atoms with Crippen LogP contribution in [0.2, 0.25) is 0 Å². The highest BCUT2D eigenvalue weighted by Crippen LogP contribution is 2.26. The first-order chi connectivity index (χ1) is 14.3. The van der Waals surface area contributed by atoms with Gasteiger partial charge in [0.2, 0.25) is 0 Å². The van der Waals surface area contributed by atoms with Gasteiger partial charge in [-0.3, -0.25) is 9.69 Å². The maximum Gasteiger partial charge on any atom is 0.274 e. The second-order valence-electron chi connectivity index (χ2n) is 7.59. The molecule has 1 amide bonds. The van der Waals surface area contributed by atoms with E-state index in [9.17, 15) is 4.79 Å². The Bertz CT molecular complexity index is 1010. The second kappa shape index (κ2) is 7.72. The average Bonchev–Trinajstić information content (AvgIpc) is 3.44. The summed E-state index contributed by atoms with van der Waals surface area (Å²) in [6.07, 6.45) is 2.84. The number of para-hydroxylation sites is 1. The zero-order valence-corrected chi connectivity index (χ0v) is 16.3. The molecule has 6 heteroatoms. The number of benzene rings is 2. The highest BCUT2D eigenvalue weighted by Gasteiger charge is 2.24. The molecule has 1 aromatic heterocycles. The smallest absolute Gasteiger partial charge is 0.274 e. The van der Waals surface area contributed by atoms with Gasteiger partial charge in [0.15, 0.2) is 5.69 Å². The van der Waals surface area contributed by atoms with Crippen LogP contribution in [0.15, 0.2) is 60.8 Å². The summed E-state index contributed by atoms with van der Waals surface area (Å²) in [4.78, 5) is 17.2. The van der Waals surface area contributed by atoms with Crippen LogP contribution in [-0.4, -0.2) is 58.3 Å². The molecule has 1 saturated heterocycles. The van der Waals surface area contributed by atoms with Crippen molar-refractivity contribution in [3.63, 3.8) is 0 Å². The lowest BCUT2D eigenvalue weighted by Crippen LogP contribution is -2.48. The number of piperazine rings is 1. The largest absolute Gasteiger partial charge is 0.493 e. The molecule has 2 aliphatic heterocycles. The Labute approximate surface area is 170 Å². The van der Waals surface area contributed by atoms with Crippen LogP contribution in [0, 0.1) is 0 Å². The molecule has 2 aromatic carbocycles. The molecule has 0 radical (unpaired) electrons. The molecule has 0 atom stereocenters. The van der Waals surface area contributed by atoms with Gasteiger partial charge in [0, 0.05) is 45.3 Å². The number of hydrogen-bond acceptors (Lipinski definition) is 4. The van der Waals surface area contributed by atoms with Gasteiger partial charge < -0.3 is 9.64 Å². The van der Waals surface area contributed by atoms with E-state index in [1.165, 1.54) is 11.1 Å². The molecule has 5 rings (SSSR count). The predicted molar refractivity (Wildman–Crippen MR) is 110 cm³/mol. The molecule has 0 unspecified atom stereocenters. The van der Waals surface area contributed by atoms with Gasteiger partial charge in [0.1, 0.15) is 5.75 Å². The molecular weight excluding hydrogens is 364 g/mol. The van der Waals surface area contributed by atoms with Gasteiger partial charge in [0.05, 0.1) is 12.3 Å². The lowest BCUT2D eigenvalue weighted by molar-refractivity contribution is 0.0622. The summed E-state index contributed by atoms with van der Waals surface area (Å²) in [5.74, 6) is 1.04. The minimum atomic E-state index is 0.00834. The quantitative estimate of drug-likeness (QED) is 0.690. The van der Waals surface area contributed by atoms with Crippen molar-refractivity contribution in [2.24, 2.45) is 0 Å². The fourth-order valence-electron chi connectivity index (χ4n) is 4.03. The first-order valence-corrected chi connectivity index (χ1v) is 10.1. The summed E-state index contributed by atoms with van der Waals surface area (Å²) in [6.45, 7) is 4.91. The van der Waals surface area contributed by atoms with Crippen molar-refractivity contribution in [3.05, 3.63) is 77.6 Å². The summed E-state index contributed by atoms with van der Waals surface area (Å²) >= 11 is 0. The van der Waals surface area contributed by atoms with E-state index in [0.29, 0.717) is 5.69 Å². The summed E-state index contributed by atoms with van der Waals surface area (Å²) in [7, 11) is 0. The number of hydrogen-bond donors (Lipinski definition) is 0. The van der Waals surface area contributed by atoms with Crippen molar-refractivity contribution in [1.29, 1.82) is 0 Å². The molecule has 2 aliphatic rings. The highest BCUT2D eigenvalue weighted by atomic mass is 16.5. The number of amides is 1. The van der Waals surface area contributed by atoms with Crippen LogP contribution < -0.4 is 4.74 Å². The fraction of sp³-hybridized carbons (Fsp3) is 0.304. The molecule has 0 bridgehead atoms. The number of ether oxygens (including phenoxy) is 1. The minimum Gasteiger partial charge on any atom is -0.493 e. The summed E-state index contributed by atoms with van der Waals surface area (Å²) in [5.41, 5.74) is 4.08. The van der Waals surface area contributed by atoms with Gasteiger partial charge in [-0.05, 0) is 35.4 Å². The Morgan fingerprint density at radius 3 is 2.66 bits per heavy atom. The number of nitrogens with zero attached hydrogens (tertiary/aromatic N) is 4. The molecule has 6 nitrogen and oxygen atoms in total. The van der Waals surface area contributed by atoms with Gasteiger partial charge >= 0.3 is 0 Å². The zero-order chi connectivity index (χ0) is 19.6. The van der Waals surface area contributed by atoms with Gasteiger partial charge in [-0.1, -0.05) is 30.3 Å². The topological polar surface area (TPSA) is 50.6 Å². The Kier molecular flexibility index (Phi) is 4.77. The predicted octanol–water partition coefficient (Wildman–Crippen LogP) is 2.77. The first-order valence-electron chi connectivity index (χ1n) is 10.1. The Morgan fingerprint density at radius 1 is 1.00 bits per heavy atom. The number of carbonyl (C=O) groups excluding carboxylic acids is 1. The van der Waals surface area contributed by atoms with Crippen LogP contribution in [0.3, 0.4) is 0 Å². The third kappa shape index (κ3) is 3.76.